The molecule has 0 unspecified atom stereocenters. The van der Waals surface area contributed by atoms with Crippen molar-refractivity contribution < 1.29 is 0 Å². The van der Waals surface area contributed by atoms with Crippen LogP contribution in [0.3, 0.4) is 0 Å². The molecule has 7 aromatic carbocycles. The van der Waals surface area contributed by atoms with Crippen LogP contribution in [0.2, 0.25) is 26.2 Å². The Morgan fingerprint density at radius 3 is 1.31 bits per heavy atom. The van der Waals surface area contributed by atoms with Gasteiger partial charge in [0.25, 0.3) is 0 Å². The summed E-state index contributed by atoms with van der Waals surface area (Å²) in [5.41, 5.74) is 10.8. The predicted octanol–water partition coefficient (Wildman–Crippen LogP) is 9.07. The molecular weight excluding hydrogens is 703 g/mol. The van der Waals surface area contributed by atoms with E-state index in [1.807, 2.05) is 0 Å². The lowest BCUT2D eigenvalue weighted by Crippen LogP contribution is -2.57. The van der Waals surface area contributed by atoms with Crippen LogP contribution in [0.1, 0.15) is 0 Å². The summed E-state index contributed by atoms with van der Waals surface area (Å²) in [5.74, 6) is 1.67. The fourth-order valence-electron chi connectivity index (χ4n) is 10.1. The van der Waals surface area contributed by atoms with Crippen LogP contribution in [0, 0.1) is 0 Å². The number of hydrogen-bond acceptors (Lipinski definition) is 2. The summed E-state index contributed by atoms with van der Waals surface area (Å²) in [4.78, 5) is 0. The Morgan fingerprint density at radius 1 is 0.382 bits per heavy atom. The van der Waals surface area contributed by atoms with Crippen molar-refractivity contribution in [1.82, 2.24) is 23.9 Å². The molecule has 12 rings (SSSR count). The Hall–Kier alpha value is -6.29. The van der Waals surface area contributed by atoms with Gasteiger partial charge in [-0.1, -0.05) is 141 Å². The van der Waals surface area contributed by atoms with Crippen molar-refractivity contribution in [2.45, 2.75) is 26.2 Å². The fraction of sp³-hybridized carbons (Fsp3) is 0.0833. The highest BCUT2D eigenvalue weighted by Gasteiger charge is 2.39. The molecule has 0 aliphatic carbocycles. The Kier molecular flexibility index (Phi) is 6.04. The molecule has 2 aliphatic heterocycles. The summed E-state index contributed by atoms with van der Waals surface area (Å²) >= 11 is 0. The quantitative estimate of drug-likeness (QED) is 0.170. The second kappa shape index (κ2) is 10.7. The SMILES string of the molecule is C[Si]1(C)c2ccc(-c3nnc(-c4ccc5c(c4)-n4c6ccccc6c6cccc(c64)[Si]5(C)C)n3-c3ccccc3)cc2-n2c3ccccc3c3cccc1c32. The van der Waals surface area contributed by atoms with Gasteiger partial charge in [-0.15, -0.1) is 10.2 Å². The molecule has 7 heteroatoms. The highest BCUT2D eigenvalue weighted by Crippen LogP contribution is 2.39. The maximum absolute atomic E-state index is 5.04. The number of rotatable bonds is 3. The van der Waals surface area contributed by atoms with E-state index in [0.717, 1.165) is 28.5 Å². The lowest BCUT2D eigenvalue weighted by atomic mass is 10.1. The molecule has 0 fully saturated rings. The number of para-hydroxylation sites is 5. The first kappa shape index (κ1) is 31.1. The number of fused-ring (bicyclic) bond motifs is 10. The van der Waals surface area contributed by atoms with Gasteiger partial charge in [0.15, 0.2) is 11.6 Å². The topological polar surface area (TPSA) is 40.6 Å². The first-order valence-electron chi connectivity index (χ1n) is 19.2. The second-order valence-corrected chi connectivity index (χ2v) is 25.0. The molecule has 2 aliphatic rings. The third-order valence-corrected chi connectivity index (χ3v) is 19.8. The van der Waals surface area contributed by atoms with Crippen molar-refractivity contribution in [3.63, 3.8) is 0 Å². The molecular formula is C48H37N5Si2. The third kappa shape index (κ3) is 3.96. The zero-order valence-electron chi connectivity index (χ0n) is 31.2. The molecule has 0 spiro atoms. The molecule has 0 bridgehead atoms. The second-order valence-electron chi connectivity index (χ2n) is 16.3. The van der Waals surface area contributed by atoms with Crippen LogP contribution in [0.4, 0.5) is 0 Å². The van der Waals surface area contributed by atoms with E-state index in [1.54, 1.807) is 0 Å². The van der Waals surface area contributed by atoms with Crippen LogP contribution in [-0.4, -0.2) is 40.0 Å². The lowest BCUT2D eigenvalue weighted by molar-refractivity contribution is 1.07. The summed E-state index contributed by atoms with van der Waals surface area (Å²) < 4.78 is 7.28. The molecule has 3 aromatic heterocycles. The molecule has 55 heavy (non-hydrogen) atoms. The lowest BCUT2D eigenvalue weighted by Gasteiger charge is -2.33. The molecule has 0 N–H and O–H groups in total. The van der Waals surface area contributed by atoms with Gasteiger partial charge < -0.3 is 9.13 Å². The number of benzene rings is 7. The summed E-state index contributed by atoms with van der Waals surface area (Å²) in [6, 6.07) is 56.1. The molecule has 0 radical (unpaired) electrons. The Labute approximate surface area is 320 Å². The van der Waals surface area contributed by atoms with E-state index >= 15 is 0 Å². The summed E-state index contributed by atoms with van der Waals surface area (Å²) in [7, 11) is -4.04. The van der Waals surface area contributed by atoms with Crippen LogP contribution >= 0.6 is 0 Å². The van der Waals surface area contributed by atoms with Crippen LogP contribution in [0.15, 0.2) is 152 Å². The van der Waals surface area contributed by atoms with Gasteiger partial charge in [0.2, 0.25) is 0 Å². The van der Waals surface area contributed by atoms with E-state index in [1.165, 1.54) is 75.7 Å². The Balaban J connectivity index is 1.10. The molecule has 0 amide bonds. The summed E-state index contributed by atoms with van der Waals surface area (Å²) in [6.07, 6.45) is 0. The number of hydrogen-bond donors (Lipinski definition) is 0. The minimum Gasteiger partial charge on any atom is -0.309 e. The van der Waals surface area contributed by atoms with Crippen LogP contribution < -0.4 is 20.7 Å². The van der Waals surface area contributed by atoms with Crippen molar-refractivity contribution in [3.8, 4) is 39.8 Å². The zero-order chi connectivity index (χ0) is 36.8. The molecule has 10 aromatic rings. The van der Waals surface area contributed by atoms with Crippen molar-refractivity contribution in [2.75, 3.05) is 0 Å². The van der Waals surface area contributed by atoms with Crippen LogP contribution in [0.5, 0.6) is 0 Å². The third-order valence-electron chi connectivity index (χ3n) is 12.8. The van der Waals surface area contributed by atoms with Gasteiger partial charge in [-0.05, 0) is 57.1 Å². The standard InChI is InChI=1S/C48H37N5Si2/c1-54(2)41-26-24-30(28-39(41)52-37-20-10-8-16-33(37)35-18-12-22-43(54)45(35)52)47-49-50-48(51(47)32-14-6-5-7-15-32)31-25-27-42-40(29-31)53-38-21-11-9-17-34(38)36-19-13-23-44(46(36)53)55(42,3)4/h5-29H,1-4H3. The zero-order valence-corrected chi connectivity index (χ0v) is 33.2. The van der Waals surface area contributed by atoms with E-state index < -0.39 is 16.1 Å². The van der Waals surface area contributed by atoms with Gasteiger partial charge in [0, 0.05) is 49.7 Å². The van der Waals surface area contributed by atoms with E-state index in [2.05, 4.69) is 192 Å². The van der Waals surface area contributed by atoms with E-state index in [9.17, 15) is 0 Å². The summed E-state index contributed by atoms with van der Waals surface area (Å²) in [5, 5.41) is 21.2. The van der Waals surface area contributed by atoms with Crippen molar-refractivity contribution in [1.29, 1.82) is 0 Å². The van der Waals surface area contributed by atoms with Crippen molar-refractivity contribution in [3.05, 3.63) is 152 Å². The monoisotopic (exact) mass is 739 g/mol. The molecule has 5 nitrogen and oxygen atoms in total. The Bertz CT molecular complexity index is 3070. The smallest absolute Gasteiger partial charge is 0.168 e. The molecule has 0 atom stereocenters. The highest BCUT2D eigenvalue weighted by atomic mass is 28.3. The fourth-order valence-corrected chi connectivity index (χ4v) is 16.0. The van der Waals surface area contributed by atoms with Crippen LogP contribution in [0.25, 0.3) is 83.4 Å². The minimum atomic E-state index is -2.02. The minimum absolute atomic E-state index is 0.835. The maximum atomic E-state index is 5.04. The van der Waals surface area contributed by atoms with E-state index in [4.69, 9.17) is 10.2 Å². The first-order valence-corrected chi connectivity index (χ1v) is 25.2. The molecule has 5 heterocycles. The normalized spacial score (nSPS) is 14.8. The molecule has 262 valence electrons. The highest BCUT2D eigenvalue weighted by molar-refractivity contribution is 7.03. The maximum Gasteiger partial charge on any atom is 0.168 e. The molecule has 0 saturated heterocycles. The summed E-state index contributed by atoms with van der Waals surface area (Å²) in [6.45, 7) is 9.97. The van der Waals surface area contributed by atoms with Gasteiger partial charge in [-0.3, -0.25) is 4.57 Å². The van der Waals surface area contributed by atoms with Gasteiger partial charge in [-0.2, -0.15) is 0 Å². The average molecular weight is 740 g/mol. The largest absolute Gasteiger partial charge is 0.309 e. The molecule has 0 saturated carbocycles. The van der Waals surface area contributed by atoms with Gasteiger partial charge in [0.05, 0.1) is 22.1 Å². The van der Waals surface area contributed by atoms with E-state index in [0.29, 0.717) is 0 Å². The van der Waals surface area contributed by atoms with Crippen LogP contribution in [-0.2, 0) is 0 Å². The predicted molar refractivity (Wildman–Crippen MR) is 234 cm³/mol. The van der Waals surface area contributed by atoms with Crippen molar-refractivity contribution in [2.24, 2.45) is 0 Å². The number of nitrogens with zero attached hydrogens (tertiary/aromatic N) is 5. The van der Waals surface area contributed by atoms with Gasteiger partial charge >= 0.3 is 0 Å². The average Bonchev–Trinajstić information content (AvgIpc) is 3.91. The van der Waals surface area contributed by atoms with E-state index in [-0.39, 0.29) is 0 Å². The van der Waals surface area contributed by atoms with Gasteiger partial charge in [0.1, 0.15) is 16.1 Å². The number of aromatic nitrogens is 5. The Morgan fingerprint density at radius 2 is 0.818 bits per heavy atom. The van der Waals surface area contributed by atoms with Crippen molar-refractivity contribution >= 4 is 80.5 Å². The first-order chi connectivity index (χ1) is 26.8. The van der Waals surface area contributed by atoms with Gasteiger partial charge in [-0.25, -0.2) is 0 Å².